The first-order valence-electron chi connectivity index (χ1n) is 5.19. The summed E-state index contributed by atoms with van der Waals surface area (Å²) in [7, 11) is 0.343. The Morgan fingerprint density at radius 2 is 2.40 bits per heavy atom. The van der Waals surface area contributed by atoms with E-state index in [-0.39, 0.29) is 23.7 Å². The summed E-state index contributed by atoms with van der Waals surface area (Å²) in [5, 5.41) is -0.151. The van der Waals surface area contributed by atoms with Gasteiger partial charge in [0, 0.05) is 22.7 Å². The minimum atomic E-state index is -1.00. The minimum Gasteiger partial charge on any atom is -0.469 e. The molecule has 15 heavy (non-hydrogen) atoms. The quantitative estimate of drug-likeness (QED) is 0.662. The predicted molar refractivity (Wildman–Crippen MR) is 58.1 cm³/mol. The molecule has 0 aromatic rings. The van der Waals surface area contributed by atoms with Crippen LogP contribution in [0.1, 0.15) is 26.2 Å². The van der Waals surface area contributed by atoms with Crippen LogP contribution in [-0.4, -0.2) is 41.0 Å². The summed E-state index contributed by atoms with van der Waals surface area (Å²) in [5.41, 5.74) is 0. The molecule has 0 spiro atoms. The summed E-state index contributed by atoms with van der Waals surface area (Å²) >= 11 is 0. The van der Waals surface area contributed by atoms with Gasteiger partial charge in [-0.2, -0.15) is 0 Å². The van der Waals surface area contributed by atoms with Gasteiger partial charge in [-0.15, -0.1) is 0 Å². The van der Waals surface area contributed by atoms with Crippen LogP contribution in [0.5, 0.6) is 0 Å². The van der Waals surface area contributed by atoms with E-state index in [1.54, 1.807) is 0 Å². The minimum absolute atomic E-state index is 0.117. The SMILES string of the molecule is COC(=O)CC(C)S(=O)CC1CCCO1. The number of hydrogen-bond acceptors (Lipinski definition) is 4. The molecule has 3 unspecified atom stereocenters. The molecule has 3 atom stereocenters. The maximum atomic E-state index is 11.8. The zero-order valence-corrected chi connectivity index (χ0v) is 10.0. The first-order chi connectivity index (χ1) is 7.13. The van der Waals surface area contributed by atoms with Crippen molar-refractivity contribution in [2.45, 2.75) is 37.5 Å². The maximum absolute atomic E-state index is 11.8. The van der Waals surface area contributed by atoms with Gasteiger partial charge in [-0.3, -0.25) is 9.00 Å². The molecule has 0 bridgehead atoms. The number of rotatable bonds is 5. The fraction of sp³-hybridized carbons (Fsp3) is 0.900. The summed E-state index contributed by atoms with van der Waals surface area (Å²) in [6.45, 7) is 2.58. The van der Waals surface area contributed by atoms with Crippen LogP contribution in [0, 0.1) is 0 Å². The predicted octanol–water partition coefficient (Wildman–Crippen LogP) is 0.866. The van der Waals surface area contributed by atoms with Crippen molar-refractivity contribution in [1.82, 2.24) is 0 Å². The van der Waals surface area contributed by atoms with E-state index in [1.807, 2.05) is 6.92 Å². The average molecular weight is 234 g/mol. The van der Waals surface area contributed by atoms with Crippen molar-refractivity contribution in [3.05, 3.63) is 0 Å². The van der Waals surface area contributed by atoms with Gasteiger partial charge in [-0.1, -0.05) is 6.92 Å². The van der Waals surface area contributed by atoms with E-state index in [1.165, 1.54) is 7.11 Å². The van der Waals surface area contributed by atoms with Gasteiger partial charge in [0.1, 0.15) is 0 Å². The van der Waals surface area contributed by atoms with Crippen molar-refractivity contribution >= 4 is 16.8 Å². The molecule has 1 aliphatic heterocycles. The highest BCUT2D eigenvalue weighted by Gasteiger charge is 2.22. The van der Waals surface area contributed by atoms with Crippen molar-refractivity contribution in [2.75, 3.05) is 19.5 Å². The molecule has 0 N–H and O–H groups in total. The van der Waals surface area contributed by atoms with E-state index in [4.69, 9.17) is 4.74 Å². The van der Waals surface area contributed by atoms with Crippen LogP contribution < -0.4 is 0 Å². The lowest BCUT2D eigenvalue weighted by atomic mass is 10.3. The molecule has 1 rings (SSSR count). The number of hydrogen-bond donors (Lipinski definition) is 0. The van der Waals surface area contributed by atoms with Crippen LogP contribution in [0.4, 0.5) is 0 Å². The number of methoxy groups -OCH3 is 1. The Bertz CT molecular complexity index is 236. The Balaban J connectivity index is 2.28. The molecule has 0 aliphatic carbocycles. The van der Waals surface area contributed by atoms with Crippen LogP contribution in [0.3, 0.4) is 0 Å². The third-order valence-corrected chi connectivity index (χ3v) is 4.27. The number of carbonyl (C=O) groups is 1. The summed E-state index contributed by atoms with van der Waals surface area (Å²) in [4.78, 5) is 11.0. The van der Waals surface area contributed by atoms with Crippen LogP contribution in [0.2, 0.25) is 0 Å². The molecule has 1 heterocycles. The zero-order chi connectivity index (χ0) is 11.3. The molecule has 4 nitrogen and oxygen atoms in total. The van der Waals surface area contributed by atoms with Gasteiger partial charge in [0.2, 0.25) is 0 Å². The van der Waals surface area contributed by atoms with Crippen molar-refractivity contribution in [3.63, 3.8) is 0 Å². The average Bonchev–Trinajstić information content (AvgIpc) is 2.70. The highest BCUT2D eigenvalue weighted by Crippen LogP contribution is 2.15. The molecule has 1 saturated heterocycles. The second-order valence-electron chi connectivity index (χ2n) is 3.77. The van der Waals surface area contributed by atoms with E-state index >= 15 is 0 Å². The molecule has 5 heteroatoms. The zero-order valence-electron chi connectivity index (χ0n) is 9.23. The van der Waals surface area contributed by atoms with Crippen LogP contribution in [-0.2, 0) is 25.1 Å². The van der Waals surface area contributed by atoms with Crippen LogP contribution in [0.25, 0.3) is 0 Å². The lowest BCUT2D eigenvalue weighted by Crippen LogP contribution is -2.25. The van der Waals surface area contributed by atoms with Crippen LogP contribution >= 0.6 is 0 Å². The Kier molecular flexibility index (Phi) is 5.25. The molecule has 88 valence electrons. The van der Waals surface area contributed by atoms with E-state index in [2.05, 4.69) is 4.74 Å². The van der Waals surface area contributed by atoms with E-state index < -0.39 is 10.8 Å². The molecule has 0 saturated carbocycles. The number of esters is 1. The van der Waals surface area contributed by atoms with Crippen molar-refractivity contribution in [2.24, 2.45) is 0 Å². The topological polar surface area (TPSA) is 52.6 Å². The molecular weight excluding hydrogens is 216 g/mol. The van der Waals surface area contributed by atoms with Gasteiger partial charge >= 0.3 is 5.97 Å². The van der Waals surface area contributed by atoms with E-state index in [9.17, 15) is 9.00 Å². The molecule has 0 amide bonds. The lowest BCUT2D eigenvalue weighted by molar-refractivity contribution is -0.140. The largest absolute Gasteiger partial charge is 0.469 e. The lowest BCUT2D eigenvalue weighted by Gasteiger charge is -2.13. The van der Waals surface area contributed by atoms with Gasteiger partial charge in [0.25, 0.3) is 0 Å². The van der Waals surface area contributed by atoms with Crippen LogP contribution in [0.15, 0.2) is 0 Å². The second kappa shape index (κ2) is 6.23. The molecule has 0 aromatic carbocycles. The maximum Gasteiger partial charge on any atom is 0.306 e. The Labute approximate surface area is 92.8 Å². The first kappa shape index (κ1) is 12.6. The molecule has 1 fully saturated rings. The van der Waals surface area contributed by atoms with Crippen molar-refractivity contribution in [1.29, 1.82) is 0 Å². The Morgan fingerprint density at radius 1 is 1.67 bits per heavy atom. The first-order valence-corrected chi connectivity index (χ1v) is 6.57. The third-order valence-electron chi connectivity index (χ3n) is 2.50. The van der Waals surface area contributed by atoms with Crippen molar-refractivity contribution in [3.8, 4) is 0 Å². The normalized spacial score (nSPS) is 24.8. The molecule has 0 radical (unpaired) electrons. The standard InChI is InChI=1S/C10H18O4S/c1-8(6-10(11)13-2)15(12)7-9-4-3-5-14-9/h8-9H,3-7H2,1-2H3. The molecule has 0 aromatic heterocycles. The fourth-order valence-electron chi connectivity index (χ4n) is 1.53. The summed E-state index contributed by atoms with van der Waals surface area (Å²) in [5.74, 6) is 0.237. The smallest absolute Gasteiger partial charge is 0.306 e. The van der Waals surface area contributed by atoms with Gasteiger partial charge in [0.15, 0.2) is 0 Å². The molecular formula is C10H18O4S. The monoisotopic (exact) mass is 234 g/mol. The van der Waals surface area contributed by atoms with Gasteiger partial charge in [0.05, 0.1) is 25.4 Å². The van der Waals surface area contributed by atoms with Crippen molar-refractivity contribution < 1.29 is 18.5 Å². The highest BCUT2D eigenvalue weighted by molar-refractivity contribution is 7.85. The number of ether oxygens (including phenoxy) is 2. The summed E-state index contributed by atoms with van der Waals surface area (Å²) in [6.07, 6.45) is 2.37. The van der Waals surface area contributed by atoms with Gasteiger partial charge in [-0.25, -0.2) is 0 Å². The fourth-order valence-corrected chi connectivity index (χ4v) is 2.81. The van der Waals surface area contributed by atoms with Gasteiger partial charge < -0.3 is 9.47 Å². The van der Waals surface area contributed by atoms with E-state index in [0.717, 1.165) is 19.4 Å². The molecule has 1 aliphatic rings. The highest BCUT2D eigenvalue weighted by atomic mass is 32.2. The third kappa shape index (κ3) is 4.30. The van der Waals surface area contributed by atoms with Gasteiger partial charge in [-0.05, 0) is 12.8 Å². The second-order valence-corrected chi connectivity index (χ2v) is 5.67. The Morgan fingerprint density at radius 3 is 2.93 bits per heavy atom. The summed E-state index contributed by atoms with van der Waals surface area (Å²) in [6, 6.07) is 0. The van der Waals surface area contributed by atoms with E-state index in [0.29, 0.717) is 5.75 Å². The summed E-state index contributed by atoms with van der Waals surface area (Å²) < 4.78 is 21.7. The number of carbonyl (C=O) groups excluding carboxylic acids is 1. The Hall–Kier alpha value is -0.420.